The maximum atomic E-state index is 13.0. The molecular weight excluding hydrogens is 453 g/mol. The fraction of sp³-hybridized carbons (Fsp3) is 0.250. The zero-order chi connectivity index (χ0) is 24.5. The molecule has 0 aromatic heterocycles. The molecule has 3 amide bonds. The lowest BCUT2D eigenvalue weighted by Gasteiger charge is -2.15. The van der Waals surface area contributed by atoms with Gasteiger partial charge in [-0.25, -0.2) is 4.79 Å². The first-order valence-electron chi connectivity index (χ1n) is 10.4. The monoisotopic (exact) mass is 472 g/mol. The van der Waals surface area contributed by atoms with Crippen molar-refractivity contribution in [2.75, 3.05) is 16.8 Å². The minimum Gasteiger partial charge on any atom is -0.452 e. The predicted molar refractivity (Wildman–Crippen MR) is 115 cm³/mol. The van der Waals surface area contributed by atoms with Crippen LogP contribution < -0.4 is 10.2 Å². The number of ether oxygens (including phenoxy) is 1. The number of anilines is 2. The van der Waals surface area contributed by atoms with Crippen molar-refractivity contribution in [3.8, 4) is 0 Å². The number of nitrogens with one attached hydrogen (secondary N) is 1. The Morgan fingerprint density at radius 1 is 0.941 bits per heavy atom. The van der Waals surface area contributed by atoms with Gasteiger partial charge >= 0.3 is 12.1 Å². The van der Waals surface area contributed by atoms with Crippen LogP contribution in [0.3, 0.4) is 0 Å². The molecule has 0 radical (unpaired) electrons. The number of carbonyl (C=O) groups excluding carboxylic acids is 4. The molecule has 176 valence electrons. The molecule has 1 fully saturated rings. The second-order valence-electron chi connectivity index (χ2n) is 7.88. The first-order valence-corrected chi connectivity index (χ1v) is 10.4. The number of carbonyl (C=O) groups is 4. The van der Waals surface area contributed by atoms with E-state index in [0.717, 1.165) is 17.0 Å². The van der Waals surface area contributed by atoms with Crippen LogP contribution in [0, 0.1) is 11.8 Å². The maximum absolute atomic E-state index is 13.0. The van der Waals surface area contributed by atoms with Crippen molar-refractivity contribution in [1.29, 1.82) is 0 Å². The number of esters is 1. The van der Waals surface area contributed by atoms with Gasteiger partial charge in [0.1, 0.15) is 0 Å². The molecule has 2 aliphatic rings. The smallest absolute Gasteiger partial charge is 0.418 e. The van der Waals surface area contributed by atoms with E-state index in [1.807, 2.05) is 12.2 Å². The molecule has 7 nitrogen and oxygen atoms in total. The summed E-state index contributed by atoms with van der Waals surface area (Å²) in [5, 5.41) is 2.08. The molecule has 0 saturated carbocycles. The molecule has 2 aromatic carbocycles. The summed E-state index contributed by atoms with van der Waals surface area (Å²) in [6.07, 6.45) is 0.117. The van der Waals surface area contributed by atoms with Crippen molar-refractivity contribution in [2.45, 2.75) is 19.0 Å². The van der Waals surface area contributed by atoms with E-state index in [2.05, 4.69) is 5.32 Å². The number of imide groups is 1. The van der Waals surface area contributed by atoms with Gasteiger partial charge in [-0.1, -0.05) is 24.3 Å². The van der Waals surface area contributed by atoms with Crippen LogP contribution in [-0.4, -0.2) is 30.3 Å². The van der Waals surface area contributed by atoms with Gasteiger partial charge < -0.3 is 10.1 Å². The molecule has 0 unspecified atom stereocenters. The molecule has 34 heavy (non-hydrogen) atoms. The van der Waals surface area contributed by atoms with Crippen LogP contribution in [0.4, 0.5) is 24.5 Å². The van der Waals surface area contributed by atoms with Crippen molar-refractivity contribution in [3.63, 3.8) is 0 Å². The first kappa shape index (κ1) is 23.2. The van der Waals surface area contributed by atoms with Gasteiger partial charge in [-0.2, -0.15) is 13.2 Å². The van der Waals surface area contributed by atoms with Gasteiger partial charge in [-0.3, -0.25) is 19.3 Å². The number of nitrogens with zero attached hydrogens (tertiary/aromatic N) is 1. The number of rotatable bonds is 5. The number of amides is 3. The average molecular weight is 472 g/mol. The summed E-state index contributed by atoms with van der Waals surface area (Å²) in [5.41, 5.74) is -1.10. The highest BCUT2D eigenvalue weighted by molar-refractivity contribution is 6.22. The van der Waals surface area contributed by atoms with Crippen LogP contribution >= 0.6 is 0 Å². The summed E-state index contributed by atoms with van der Waals surface area (Å²) in [5.74, 6) is -3.17. The van der Waals surface area contributed by atoms with E-state index in [0.29, 0.717) is 18.5 Å². The SMILES string of the molecule is O=C(COC(=O)c1ccc(N2C(=O)[C@@H]3CC=CC[C@H]3C2=O)cc1)Nc1ccccc1C(F)(F)F. The van der Waals surface area contributed by atoms with E-state index < -0.39 is 35.9 Å². The molecule has 1 aliphatic heterocycles. The first-order chi connectivity index (χ1) is 16.2. The number of hydrogen-bond donors (Lipinski definition) is 1. The molecule has 2 atom stereocenters. The molecule has 10 heteroatoms. The summed E-state index contributed by atoms with van der Waals surface area (Å²) in [6, 6.07) is 9.98. The Balaban J connectivity index is 1.36. The Labute approximate surface area is 192 Å². The zero-order valence-electron chi connectivity index (χ0n) is 17.7. The second-order valence-corrected chi connectivity index (χ2v) is 7.88. The van der Waals surface area contributed by atoms with Gasteiger partial charge in [-0.05, 0) is 49.2 Å². The topological polar surface area (TPSA) is 92.8 Å². The van der Waals surface area contributed by atoms with Crippen LogP contribution in [0.5, 0.6) is 0 Å². The third-order valence-corrected chi connectivity index (χ3v) is 5.71. The van der Waals surface area contributed by atoms with E-state index in [9.17, 15) is 32.3 Å². The van der Waals surface area contributed by atoms with Gasteiger partial charge in [0.05, 0.1) is 34.3 Å². The Bertz CT molecular complexity index is 1150. The number of allylic oxidation sites excluding steroid dienone is 2. The minimum absolute atomic E-state index is 0.0467. The highest BCUT2D eigenvalue weighted by Gasteiger charge is 2.47. The average Bonchev–Trinajstić information content (AvgIpc) is 3.07. The van der Waals surface area contributed by atoms with Crippen LogP contribution in [0.15, 0.2) is 60.7 Å². The lowest BCUT2D eigenvalue weighted by atomic mass is 9.85. The standard InChI is InChI=1S/C24H19F3N2O5/c25-24(26,27)18-7-3-4-8-19(18)28-20(30)13-34-23(33)14-9-11-15(12-10-14)29-21(31)16-5-1-2-6-17(16)22(29)32/h1-4,7-12,16-17H,5-6,13H2,(H,28,30)/t16-,17-/m1/s1. The lowest BCUT2D eigenvalue weighted by molar-refractivity contribution is -0.137. The van der Waals surface area contributed by atoms with Crippen molar-refractivity contribution in [1.82, 2.24) is 0 Å². The molecular formula is C24H19F3N2O5. The third kappa shape index (κ3) is 4.57. The van der Waals surface area contributed by atoms with Gasteiger partial charge in [0.25, 0.3) is 5.91 Å². The predicted octanol–water partition coefficient (Wildman–Crippen LogP) is 3.96. The van der Waals surface area contributed by atoms with Gasteiger partial charge in [0.15, 0.2) is 6.61 Å². The largest absolute Gasteiger partial charge is 0.452 e. The van der Waals surface area contributed by atoms with Crippen molar-refractivity contribution < 1.29 is 37.1 Å². The summed E-state index contributed by atoms with van der Waals surface area (Å²) in [6.45, 7) is -0.799. The molecule has 0 bridgehead atoms. The van der Waals surface area contributed by atoms with Crippen LogP contribution in [0.2, 0.25) is 0 Å². The van der Waals surface area contributed by atoms with Crippen molar-refractivity contribution >= 4 is 35.1 Å². The number of hydrogen-bond acceptors (Lipinski definition) is 5. The van der Waals surface area contributed by atoms with E-state index in [4.69, 9.17) is 4.74 Å². The van der Waals surface area contributed by atoms with Crippen LogP contribution in [0.25, 0.3) is 0 Å². The third-order valence-electron chi connectivity index (χ3n) is 5.71. The highest BCUT2D eigenvalue weighted by Crippen LogP contribution is 2.38. The number of alkyl halides is 3. The van der Waals surface area contributed by atoms with Gasteiger partial charge in [-0.15, -0.1) is 0 Å². The maximum Gasteiger partial charge on any atom is 0.418 e. The van der Waals surface area contributed by atoms with Gasteiger partial charge in [0.2, 0.25) is 11.8 Å². The lowest BCUT2D eigenvalue weighted by Crippen LogP contribution is -2.30. The quantitative estimate of drug-likeness (QED) is 0.404. The van der Waals surface area contributed by atoms with Crippen molar-refractivity contribution in [2.24, 2.45) is 11.8 Å². The van der Waals surface area contributed by atoms with E-state index in [-0.39, 0.29) is 29.2 Å². The Hall–Kier alpha value is -3.95. The molecule has 1 saturated heterocycles. The highest BCUT2D eigenvalue weighted by atomic mass is 19.4. The molecule has 0 spiro atoms. The Morgan fingerprint density at radius 3 is 2.12 bits per heavy atom. The molecule has 1 aliphatic carbocycles. The second kappa shape index (κ2) is 9.12. The molecule has 2 aromatic rings. The number of halogens is 3. The number of fused-ring (bicyclic) bond motifs is 1. The normalized spacial score (nSPS) is 19.7. The summed E-state index contributed by atoms with van der Waals surface area (Å²) < 4.78 is 44.0. The summed E-state index contributed by atoms with van der Waals surface area (Å²) in [4.78, 5) is 50.7. The zero-order valence-corrected chi connectivity index (χ0v) is 17.7. The van der Waals surface area contributed by atoms with Crippen LogP contribution in [-0.2, 0) is 25.3 Å². The molecule has 1 heterocycles. The minimum atomic E-state index is -4.66. The van der Waals surface area contributed by atoms with Crippen LogP contribution in [0.1, 0.15) is 28.8 Å². The van der Waals surface area contributed by atoms with Crippen molar-refractivity contribution in [3.05, 3.63) is 71.8 Å². The Morgan fingerprint density at radius 2 is 1.53 bits per heavy atom. The number of benzene rings is 2. The van der Waals surface area contributed by atoms with E-state index in [1.165, 1.54) is 36.4 Å². The molecule has 4 rings (SSSR count). The summed E-state index contributed by atoms with van der Waals surface area (Å²) >= 11 is 0. The molecule has 1 N–H and O–H groups in total. The fourth-order valence-corrected chi connectivity index (χ4v) is 4.04. The summed E-state index contributed by atoms with van der Waals surface area (Å²) in [7, 11) is 0. The Kier molecular flexibility index (Phi) is 6.23. The van der Waals surface area contributed by atoms with Gasteiger partial charge in [0, 0.05) is 0 Å². The number of para-hydroxylation sites is 1. The van der Waals surface area contributed by atoms with E-state index >= 15 is 0 Å². The fourth-order valence-electron chi connectivity index (χ4n) is 4.04. The van der Waals surface area contributed by atoms with E-state index in [1.54, 1.807) is 0 Å².